The second kappa shape index (κ2) is 9.80. The van der Waals surface area contributed by atoms with Crippen LogP contribution < -0.4 is 14.4 Å². The first-order valence-corrected chi connectivity index (χ1v) is 11.2. The Balaban J connectivity index is 2.03. The molecule has 0 bridgehead atoms. The first-order chi connectivity index (χ1) is 12.4. The van der Waals surface area contributed by atoms with Crippen molar-refractivity contribution in [3.8, 4) is 5.75 Å². The molecule has 0 heterocycles. The van der Waals surface area contributed by atoms with Gasteiger partial charge in [-0.3, -0.25) is 9.10 Å². The van der Waals surface area contributed by atoms with E-state index in [1.165, 1.54) is 12.8 Å². The lowest BCUT2D eigenvalue weighted by molar-refractivity contribution is -0.120. The van der Waals surface area contributed by atoms with E-state index >= 15 is 0 Å². The van der Waals surface area contributed by atoms with Crippen molar-refractivity contribution in [3.63, 3.8) is 0 Å². The number of nitrogens with one attached hydrogen (secondary N) is 1. The number of rotatable bonds is 8. The minimum absolute atomic E-state index is 0.149. The minimum atomic E-state index is -3.56. The van der Waals surface area contributed by atoms with Crippen molar-refractivity contribution in [1.29, 1.82) is 0 Å². The Morgan fingerprint density at radius 2 is 1.77 bits per heavy atom. The van der Waals surface area contributed by atoms with E-state index in [0.29, 0.717) is 18.0 Å². The fourth-order valence-corrected chi connectivity index (χ4v) is 4.01. The van der Waals surface area contributed by atoms with Crippen molar-refractivity contribution >= 4 is 21.6 Å². The Bertz CT molecular complexity index is 665. The van der Waals surface area contributed by atoms with Crippen LogP contribution in [-0.2, 0) is 14.8 Å². The van der Waals surface area contributed by atoms with Gasteiger partial charge in [0, 0.05) is 6.04 Å². The van der Waals surface area contributed by atoms with Gasteiger partial charge in [0.25, 0.3) is 0 Å². The Morgan fingerprint density at radius 3 is 2.31 bits per heavy atom. The molecule has 1 N–H and O–H groups in total. The quantitative estimate of drug-likeness (QED) is 0.701. The fraction of sp³-hybridized carbons (Fsp3) is 0.632. The lowest BCUT2D eigenvalue weighted by Gasteiger charge is -2.24. The second-order valence-electron chi connectivity index (χ2n) is 6.87. The van der Waals surface area contributed by atoms with Crippen molar-refractivity contribution in [2.24, 2.45) is 0 Å². The third-order valence-electron chi connectivity index (χ3n) is 4.51. The van der Waals surface area contributed by atoms with E-state index in [2.05, 4.69) is 5.32 Å². The number of benzene rings is 1. The summed E-state index contributed by atoms with van der Waals surface area (Å²) >= 11 is 0. The maximum absolute atomic E-state index is 12.4. The minimum Gasteiger partial charge on any atom is -0.494 e. The Hall–Kier alpha value is -1.76. The number of carbonyl (C=O) groups is 1. The Kier molecular flexibility index (Phi) is 7.75. The number of amides is 1. The van der Waals surface area contributed by atoms with E-state index in [0.717, 1.165) is 42.7 Å². The zero-order valence-electron chi connectivity index (χ0n) is 15.7. The molecule has 0 aliphatic heterocycles. The molecular weight excluding hydrogens is 352 g/mol. The third kappa shape index (κ3) is 6.52. The number of sulfonamides is 1. The standard InChI is InChI=1S/C19H30N2O4S/c1-3-14-25-18-12-10-17(11-13-18)21(26(2,23)24)15-19(22)20-16-8-6-4-5-7-9-16/h10-13,16H,3-9,14-15H2,1-2H3,(H,20,22). The first kappa shape index (κ1) is 20.6. The topological polar surface area (TPSA) is 75.7 Å². The van der Waals surface area contributed by atoms with Gasteiger partial charge in [0.1, 0.15) is 12.3 Å². The molecule has 0 atom stereocenters. The van der Waals surface area contributed by atoms with Crippen molar-refractivity contribution in [1.82, 2.24) is 5.32 Å². The summed E-state index contributed by atoms with van der Waals surface area (Å²) in [4.78, 5) is 12.4. The summed E-state index contributed by atoms with van der Waals surface area (Å²) in [5.74, 6) is 0.431. The SMILES string of the molecule is CCCOc1ccc(N(CC(=O)NC2CCCCCC2)S(C)(=O)=O)cc1. The largest absolute Gasteiger partial charge is 0.494 e. The number of carbonyl (C=O) groups excluding carboxylic acids is 1. The van der Waals surface area contributed by atoms with Gasteiger partial charge in [-0.25, -0.2) is 8.42 Å². The molecule has 26 heavy (non-hydrogen) atoms. The van der Waals surface area contributed by atoms with Crippen LogP contribution >= 0.6 is 0 Å². The molecule has 1 aromatic rings. The average molecular weight is 383 g/mol. The lowest BCUT2D eigenvalue weighted by atomic mass is 10.1. The van der Waals surface area contributed by atoms with Crippen LogP contribution in [0.15, 0.2) is 24.3 Å². The van der Waals surface area contributed by atoms with Crippen LogP contribution in [0.2, 0.25) is 0 Å². The van der Waals surface area contributed by atoms with Crippen LogP contribution in [0.25, 0.3) is 0 Å². The molecule has 7 heteroatoms. The van der Waals surface area contributed by atoms with E-state index in [4.69, 9.17) is 4.74 Å². The van der Waals surface area contributed by atoms with Crippen molar-refractivity contribution < 1.29 is 17.9 Å². The molecule has 1 aliphatic rings. The molecule has 1 fully saturated rings. The molecule has 0 aromatic heterocycles. The van der Waals surface area contributed by atoms with Gasteiger partial charge in [-0.15, -0.1) is 0 Å². The predicted octanol–water partition coefficient (Wildman–Crippen LogP) is 3.08. The van der Waals surface area contributed by atoms with E-state index in [1.54, 1.807) is 24.3 Å². The van der Waals surface area contributed by atoms with Gasteiger partial charge >= 0.3 is 0 Å². The molecule has 1 aromatic carbocycles. The van der Waals surface area contributed by atoms with Crippen molar-refractivity contribution in [2.45, 2.75) is 57.9 Å². The summed E-state index contributed by atoms with van der Waals surface area (Å²) in [7, 11) is -3.56. The van der Waals surface area contributed by atoms with Gasteiger partial charge in [0.2, 0.25) is 15.9 Å². The van der Waals surface area contributed by atoms with Crippen LogP contribution in [0.3, 0.4) is 0 Å². The highest BCUT2D eigenvalue weighted by Gasteiger charge is 2.22. The number of hydrogen-bond acceptors (Lipinski definition) is 4. The van der Waals surface area contributed by atoms with Crippen LogP contribution in [0.4, 0.5) is 5.69 Å². The second-order valence-corrected chi connectivity index (χ2v) is 8.77. The third-order valence-corrected chi connectivity index (χ3v) is 5.65. The van der Waals surface area contributed by atoms with Crippen LogP contribution in [0, 0.1) is 0 Å². The average Bonchev–Trinajstić information content (AvgIpc) is 2.86. The van der Waals surface area contributed by atoms with Gasteiger partial charge in [-0.2, -0.15) is 0 Å². The molecule has 1 saturated carbocycles. The Morgan fingerprint density at radius 1 is 1.15 bits per heavy atom. The van der Waals surface area contributed by atoms with Gasteiger partial charge in [-0.05, 0) is 43.5 Å². The molecule has 1 amide bonds. The molecule has 2 rings (SSSR count). The highest BCUT2D eigenvalue weighted by atomic mass is 32.2. The molecule has 0 spiro atoms. The smallest absolute Gasteiger partial charge is 0.240 e. The molecule has 0 radical (unpaired) electrons. The fourth-order valence-electron chi connectivity index (χ4n) is 3.16. The molecule has 0 saturated heterocycles. The van der Waals surface area contributed by atoms with E-state index < -0.39 is 10.0 Å². The van der Waals surface area contributed by atoms with E-state index in [9.17, 15) is 13.2 Å². The van der Waals surface area contributed by atoms with Crippen LogP contribution in [0.1, 0.15) is 51.9 Å². The first-order valence-electron chi connectivity index (χ1n) is 9.40. The van der Waals surface area contributed by atoms with Gasteiger partial charge in [0.15, 0.2) is 0 Å². The Labute approximate surface area is 157 Å². The van der Waals surface area contributed by atoms with Gasteiger partial charge in [0.05, 0.1) is 18.6 Å². The van der Waals surface area contributed by atoms with Crippen molar-refractivity contribution in [3.05, 3.63) is 24.3 Å². The maximum Gasteiger partial charge on any atom is 0.240 e. The normalized spacial score (nSPS) is 15.9. The maximum atomic E-state index is 12.4. The molecule has 0 unspecified atom stereocenters. The molecule has 6 nitrogen and oxygen atoms in total. The summed E-state index contributed by atoms with van der Waals surface area (Å²) in [6, 6.07) is 6.95. The summed E-state index contributed by atoms with van der Waals surface area (Å²) in [6.07, 6.45) is 8.58. The highest BCUT2D eigenvalue weighted by Crippen LogP contribution is 2.22. The monoisotopic (exact) mass is 382 g/mol. The summed E-state index contributed by atoms with van der Waals surface area (Å²) < 4.78 is 31.0. The summed E-state index contributed by atoms with van der Waals surface area (Å²) in [5, 5.41) is 3.00. The summed E-state index contributed by atoms with van der Waals surface area (Å²) in [6.45, 7) is 2.43. The van der Waals surface area contributed by atoms with E-state index in [1.807, 2.05) is 6.92 Å². The van der Waals surface area contributed by atoms with Gasteiger partial charge < -0.3 is 10.1 Å². The molecule has 146 valence electrons. The zero-order valence-corrected chi connectivity index (χ0v) is 16.6. The van der Waals surface area contributed by atoms with Crippen LogP contribution in [0.5, 0.6) is 5.75 Å². The number of anilines is 1. The van der Waals surface area contributed by atoms with Gasteiger partial charge in [-0.1, -0.05) is 32.6 Å². The highest BCUT2D eigenvalue weighted by molar-refractivity contribution is 7.92. The van der Waals surface area contributed by atoms with Crippen molar-refractivity contribution in [2.75, 3.05) is 23.7 Å². The van der Waals surface area contributed by atoms with Crippen LogP contribution in [-0.4, -0.2) is 39.8 Å². The number of hydrogen-bond donors (Lipinski definition) is 1. The predicted molar refractivity (Wildman–Crippen MR) is 104 cm³/mol. The molecule has 1 aliphatic carbocycles. The lowest BCUT2D eigenvalue weighted by Crippen LogP contribution is -2.44. The number of ether oxygens (including phenoxy) is 1. The van der Waals surface area contributed by atoms with E-state index in [-0.39, 0.29) is 18.5 Å². The molecular formula is C19H30N2O4S. The zero-order chi connectivity index (χ0) is 19.0. The number of nitrogens with zero attached hydrogens (tertiary/aromatic N) is 1. The summed E-state index contributed by atoms with van der Waals surface area (Å²) in [5.41, 5.74) is 0.465.